The molecule has 0 rings (SSSR count). The van der Waals surface area contributed by atoms with Gasteiger partial charge in [0, 0.05) is 17.5 Å². The third kappa shape index (κ3) is 28.9. The van der Waals surface area contributed by atoms with Crippen LogP contribution in [-0.4, -0.2) is 89.5 Å². The van der Waals surface area contributed by atoms with E-state index < -0.39 is 54.8 Å². The minimum Gasteiger partial charge on any atom is -0.390 e. The third-order valence-corrected chi connectivity index (χ3v) is 14.3. The summed E-state index contributed by atoms with van der Waals surface area (Å²) in [6.45, 7) is 31.8. The van der Waals surface area contributed by atoms with Crippen LogP contribution >= 0.6 is 0 Å². The average molecular weight is 705 g/mol. The van der Waals surface area contributed by atoms with Gasteiger partial charge in [0.2, 0.25) is 20.0 Å². The van der Waals surface area contributed by atoms with Crippen molar-refractivity contribution < 1.29 is 38.8 Å². The van der Waals surface area contributed by atoms with Crippen molar-refractivity contribution in [2.24, 2.45) is 5.41 Å². The van der Waals surface area contributed by atoms with E-state index in [2.05, 4.69) is 9.44 Å². The van der Waals surface area contributed by atoms with Crippen LogP contribution in [0, 0.1) is 5.41 Å². The van der Waals surface area contributed by atoms with E-state index in [1.165, 1.54) is 13.3 Å². The minimum atomic E-state index is -3.09. The van der Waals surface area contributed by atoms with Gasteiger partial charge in [-0.15, -0.1) is 0 Å². The molecule has 0 aromatic rings. The highest BCUT2D eigenvalue weighted by atomic mass is 32.2. The number of sulfonamides is 2. The molecule has 0 aliphatic rings. The zero-order valence-corrected chi connectivity index (χ0v) is 34.1. The predicted octanol–water partition coefficient (Wildman–Crippen LogP) is 4.52. The summed E-state index contributed by atoms with van der Waals surface area (Å²) in [6, 6.07) is 0. The SMILES string of the molecule is CC(C)(C)C(C)(C)O.CC(C)(C)S(C)(=O)=O.CCS(=O)(=O)C(C)C.CCS(=O)(=O)NC(C)(C)C.CNS(=O)(=O)C(C)(C)C. The highest BCUT2D eigenvalue weighted by molar-refractivity contribution is 7.92. The Kier molecular flexibility index (Phi) is 22.8. The monoisotopic (exact) mass is 704 g/mol. The zero-order chi connectivity index (χ0) is 36.9. The van der Waals surface area contributed by atoms with E-state index in [-0.39, 0.29) is 27.7 Å². The quantitative estimate of drug-likeness (QED) is 0.371. The van der Waals surface area contributed by atoms with Gasteiger partial charge in [0.05, 0.1) is 26.1 Å². The Hall–Kier alpha value is -0.320. The van der Waals surface area contributed by atoms with Crippen LogP contribution in [0.15, 0.2) is 0 Å². The topological polar surface area (TPSA) is 181 Å². The molecule has 0 aliphatic heterocycles. The van der Waals surface area contributed by atoms with E-state index in [4.69, 9.17) is 0 Å². The molecule has 0 saturated heterocycles. The second-order valence-electron chi connectivity index (χ2n) is 14.8. The van der Waals surface area contributed by atoms with Gasteiger partial charge < -0.3 is 5.11 Å². The van der Waals surface area contributed by atoms with Crippen molar-refractivity contribution in [2.45, 2.75) is 151 Å². The van der Waals surface area contributed by atoms with Gasteiger partial charge in [-0.3, -0.25) is 0 Å². The lowest BCUT2D eigenvalue weighted by atomic mass is 9.79. The summed E-state index contributed by atoms with van der Waals surface area (Å²) in [6.07, 6.45) is 1.24. The van der Waals surface area contributed by atoms with Crippen LogP contribution in [0.25, 0.3) is 0 Å². The maximum atomic E-state index is 10.9. The first-order valence-electron chi connectivity index (χ1n) is 14.2. The normalized spacial score (nSPS) is 13.6. The summed E-state index contributed by atoms with van der Waals surface area (Å²) >= 11 is 0. The fraction of sp³-hybridized carbons (Fsp3) is 1.00. The second-order valence-corrected chi connectivity index (χ2v) is 25.0. The molecule has 0 fully saturated rings. The minimum absolute atomic E-state index is 0.00694. The first-order chi connectivity index (χ1) is 18.1. The molecule has 0 unspecified atom stereocenters. The molecule has 0 atom stereocenters. The number of nitrogens with one attached hydrogen (secondary N) is 2. The van der Waals surface area contributed by atoms with E-state index in [1.54, 1.807) is 69.2 Å². The van der Waals surface area contributed by atoms with Gasteiger partial charge in [0.1, 0.15) is 0 Å². The summed E-state index contributed by atoms with van der Waals surface area (Å²) in [4.78, 5) is 0. The first-order valence-corrected chi connectivity index (χ1v) is 20.9. The number of rotatable bonds is 5. The maximum Gasteiger partial charge on any atom is 0.216 e. The van der Waals surface area contributed by atoms with Crippen LogP contribution in [0.5, 0.6) is 0 Å². The lowest BCUT2D eigenvalue weighted by Crippen LogP contribution is -2.41. The highest BCUT2D eigenvalue weighted by Crippen LogP contribution is 2.28. The molecular formula is C28H68N2O9S4. The van der Waals surface area contributed by atoms with E-state index in [0.717, 1.165) is 0 Å². The largest absolute Gasteiger partial charge is 0.390 e. The van der Waals surface area contributed by atoms with Crippen molar-refractivity contribution >= 4 is 39.7 Å². The summed E-state index contributed by atoms with van der Waals surface area (Å²) < 4.78 is 89.8. The Morgan fingerprint density at radius 2 is 0.907 bits per heavy atom. The summed E-state index contributed by atoms with van der Waals surface area (Å²) in [5.74, 6) is 0.398. The van der Waals surface area contributed by atoms with Crippen molar-refractivity contribution in [1.82, 2.24) is 9.44 Å². The van der Waals surface area contributed by atoms with Crippen molar-refractivity contribution in [3.8, 4) is 0 Å². The van der Waals surface area contributed by atoms with Crippen molar-refractivity contribution in [1.29, 1.82) is 0 Å². The van der Waals surface area contributed by atoms with Gasteiger partial charge in [-0.1, -0.05) is 27.7 Å². The van der Waals surface area contributed by atoms with E-state index >= 15 is 0 Å². The lowest BCUT2D eigenvalue weighted by molar-refractivity contribution is -0.0238. The molecule has 0 saturated carbocycles. The van der Waals surface area contributed by atoms with Crippen LogP contribution in [0.3, 0.4) is 0 Å². The van der Waals surface area contributed by atoms with Gasteiger partial charge >= 0.3 is 0 Å². The van der Waals surface area contributed by atoms with Crippen LogP contribution in [-0.2, 0) is 39.7 Å². The fourth-order valence-corrected chi connectivity index (χ4v) is 3.53. The second kappa shape index (κ2) is 18.7. The van der Waals surface area contributed by atoms with Crippen LogP contribution in [0.1, 0.15) is 125 Å². The van der Waals surface area contributed by atoms with E-state index in [0.29, 0.717) is 0 Å². The van der Waals surface area contributed by atoms with Gasteiger partial charge in [-0.2, -0.15) is 0 Å². The molecule has 0 heterocycles. The molecule has 0 bridgehead atoms. The smallest absolute Gasteiger partial charge is 0.216 e. The number of aliphatic hydroxyl groups is 1. The molecule has 0 aromatic carbocycles. The van der Waals surface area contributed by atoms with Crippen LogP contribution in [0.4, 0.5) is 0 Å². The number of hydrogen-bond donors (Lipinski definition) is 3. The molecule has 3 N–H and O–H groups in total. The van der Waals surface area contributed by atoms with Crippen LogP contribution < -0.4 is 9.44 Å². The Balaban J connectivity index is -0.000000140. The average Bonchev–Trinajstić information content (AvgIpc) is 2.70. The van der Waals surface area contributed by atoms with Crippen molar-refractivity contribution in [3.05, 3.63) is 0 Å². The van der Waals surface area contributed by atoms with Crippen LogP contribution in [0.2, 0.25) is 0 Å². The molecule has 43 heavy (non-hydrogen) atoms. The Morgan fingerprint density at radius 1 is 0.628 bits per heavy atom. The molecular weight excluding hydrogens is 637 g/mol. The van der Waals surface area contributed by atoms with E-state index in [9.17, 15) is 38.8 Å². The van der Waals surface area contributed by atoms with Gasteiger partial charge in [0.25, 0.3) is 0 Å². The van der Waals surface area contributed by atoms with Crippen molar-refractivity contribution in [2.75, 3.05) is 24.8 Å². The molecule has 11 nitrogen and oxygen atoms in total. The standard InChI is InChI=1S/C7H16O.C6H15NO2S.C5H13NO2S.2C5H12O2S/c1-6(2,3)7(4,5)8;1-5-10(8,9)7-6(2,3)4;1-5(2,3)9(7,8)6-4;1-5(2,3)8(4,6)7;1-4-8(6,7)5(2)3/h8H,1-5H3;7H,5H2,1-4H3;6H,1-4H3;1-4H3;5H,4H2,1-3H3. The fourth-order valence-electron chi connectivity index (χ4n) is 1.18. The Bertz CT molecular complexity index is 1160. The third-order valence-electron chi connectivity index (χ3n) is 5.99. The summed E-state index contributed by atoms with van der Waals surface area (Å²) in [7, 11) is -10.3. The zero-order valence-electron chi connectivity index (χ0n) is 30.8. The van der Waals surface area contributed by atoms with Gasteiger partial charge in [-0.25, -0.2) is 43.1 Å². The number of hydrogen-bond acceptors (Lipinski definition) is 9. The van der Waals surface area contributed by atoms with Gasteiger partial charge in [0.15, 0.2) is 19.7 Å². The molecule has 0 spiro atoms. The molecule has 0 aromatic heterocycles. The first kappa shape index (κ1) is 52.2. The Morgan fingerprint density at radius 3 is 0.930 bits per heavy atom. The lowest BCUT2D eigenvalue weighted by Gasteiger charge is -2.33. The molecule has 0 radical (unpaired) electrons. The highest BCUT2D eigenvalue weighted by Gasteiger charge is 2.29. The van der Waals surface area contributed by atoms with E-state index in [1.807, 2.05) is 55.4 Å². The van der Waals surface area contributed by atoms with Gasteiger partial charge in [-0.05, 0) is 109 Å². The number of sulfone groups is 2. The summed E-state index contributed by atoms with van der Waals surface area (Å²) in [5, 5.41) is 9.14. The molecule has 268 valence electrons. The molecule has 0 amide bonds. The predicted molar refractivity (Wildman–Crippen MR) is 185 cm³/mol. The summed E-state index contributed by atoms with van der Waals surface area (Å²) in [5.41, 5.74) is -0.922. The molecule has 0 aliphatic carbocycles. The molecule has 15 heteroatoms. The maximum absolute atomic E-state index is 10.9. The van der Waals surface area contributed by atoms with Crippen molar-refractivity contribution in [3.63, 3.8) is 0 Å². The Labute approximate surface area is 267 Å².